The Kier molecular flexibility index (Phi) is 7.84. The van der Waals surface area contributed by atoms with Gasteiger partial charge in [-0.2, -0.15) is 0 Å². The van der Waals surface area contributed by atoms with Gasteiger partial charge in [0.2, 0.25) is 0 Å². The molecule has 0 saturated heterocycles. The first kappa shape index (κ1) is 27.0. The van der Waals surface area contributed by atoms with E-state index < -0.39 is 12.0 Å². The van der Waals surface area contributed by atoms with E-state index in [1.165, 1.54) is 11.3 Å². The highest BCUT2D eigenvalue weighted by atomic mass is 32.1. The predicted molar refractivity (Wildman–Crippen MR) is 154 cm³/mol. The van der Waals surface area contributed by atoms with Crippen LogP contribution >= 0.6 is 11.3 Å². The monoisotopic (exact) mass is 556 g/mol. The summed E-state index contributed by atoms with van der Waals surface area (Å²) in [6.07, 6.45) is 1.75. The van der Waals surface area contributed by atoms with Gasteiger partial charge in [0.1, 0.15) is 5.75 Å². The fourth-order valence-corrected chi connectivity index (χ4v) is 5.73. The maximum atomic E-state index is 14.1. The van der Waals surface area contributed by atoms with Crippen LogP contribution in [-0.4, -0.2) is 38.5 Å². The number of rotatable bonds is 8. The third kappa shape index (κ3) is 4.91. The van der Waals surface area contributed by atoms with Gasteiger partial charge >= 0.3 is 5.97 Å². The standard InChI is InChI=1S/C31H28N2O6S/c1-5-39-30(35)25-26(19-11-7-6-8-12-19)32-31-33(27(25)20-13-9-15-22(17-20)36-2)29(34)24(40-31)18-21-14-10-16-23(37-3)28(21)38-4/h6-18,27H,5H2,1-4H3/b24-18+. The smallest absolute Gasteiger partial charge is 0.338 e. The van der Waals surface area contributed by atoms with Crippen molar-refractivity contribution < 1.29 is 23.7 Å². The van der Waals surface area contributed by atoms with Crippen LogP contribution in [0.3, 0.4) is 0 Å². The lowest BCUT2D eigenvalue weighted by atomic mass is 9.93. The zero-order valence-corrected chi connectivity index (χ0v) is 23.4. The molecule has 9 heteroatoms. The number of ether oxygens (including phenoxy) is 4. The molecule has 8 nitrogen and oxygen atoms in total. The Hall–Kier alpha value is -4.63. The maximum Gasteiger partial charge on any atom is 0.338 e. The molecule has 1 unspecified atom stereocenters. The Labute approximate surface area is 235 Å². The van der Waals surface area contributed by atoms with Crippen LogP contribution in [0.4, 0.5) is 0 Å². The summed E-state index contributed by atoms with van der Waals surface area (Å²) in [6.45, 7) is 1.92. The SMILES string of the molecule is CCOC(=O)C1=C(c2ccccc2)N=c2s/c(=C/c3cccc(OC)c3OC)c(=O)n2C1c1cccc(OC)c1. The van der Waals surface area contributed by atoms with E-state index in [4.69, 9.17) is 23.9 Å². The van der Waals surface area contributed by atoms with Gasteiger partial charge in [-0.1, -0.05) is 65.9 Å². The molecule has 204 valence electrons. The maximum absolute atomic E-state index is 14.1. The molecule has 1 aliphatic rings. The highest BCUT2D eigenvalue weighted by Gasteiger charge is 2.35. The fourth-order valence-electron chi connectivity index (χ4n) is 4.73. The molecule has 1 atom stereocenters. The molecule has 1 aromatic heterocycles. The minimum atomic E-state index is -0.796. The molecule has 40 heavy (non-hydrogen) atoms. The Morgan fingerprint density at radius 1 is 0.975 bits per heavy atom. The van der Waals surface area contributed by atoms with Crippen molar-refractivity contribution in [3.63, 3.8) is 0 Å². The number of benzene rings is 3. The molecular formula is C31H28N2O6S. The molecule has 3 aromatic carbocycles. The molecule has 0 saturated carbocycles. The predicted octanol–water partition coefficient (Wildman–Crippen LogP) is 3.96. The van der Waals surface area contributed by atoms with Gasteiger partial charge in [0.25, 0.3) is 5.56 Å². The number of fused-ring (bicyclic) bond motifs is 1. The van der Waals surface area contributed by atoms with Crippen molar-refractivity contribution in [1.29, 1.82) is 0 Å². The van der Waals surface area contributed by atoms with E-state index in [0.29, 0.717) is 43.4 Å². The van der Waals surface area contributed by atoms with Crippen LogP contribution in [0.1, 0.15) is 29.7 Å². The van der Waals surface area contributed by atoms with Crippen molar-refractivity contribution in [1.82, 2.24) is 4.57 Å². The van der Waals surface area contributed by atoms with Crippen LogP contribution in [0.5, 0.6) is 17.2 Å². The third-order valence-electron chi connectivity index (χ3n) is 6.50. The van der Waals surface area contributed by atoms with Crippen LogP contribution in [0.25, 0.3) is 11.8 Å². The van der Waals surface area contributed by atoms with E-state index in [-0.39, 0.29) is 17.7 Å². The molecule has 4 aromatic rings. The number of hydrogen-bond donors (Lipinski definition) is 0. The molecule has 0 spiro atoms. The summed E-state index contributed by atoms with van der Waals surface area (Å²) in [7, 11) is 4.69. The zero-order chi connectivity index (χ0) is 28.2. The fraction of sp³-hybridized carbons (Fsp3) is 0.194. The molecule has 0 N–H and O–H groups in total. The van der Waals surface area contributed by atoms with E-state index in [1.807, 2.05) is 66.7 Å². The topological polar surface area (TPSA) is 88.4 Å². The number of nitrogens with zero attached hydrogens (tertiary/aromatic N) is 2. The van der Waals surface area contributed by atoms with Crippen molar-refractivity contribution in [2.75, 3.05) is 27.9 Å². The summed E-state index contributed by atoms with van der Waals surface area (Å²) < 4.78 is 24.0. The quantitative estimate of drug-likeness (QED) is 0.306. The van der Waals surface area contributed by atoms with Crippen molar-refractivity contribution >= 4 is 29.1 Å². The highest BCUT2D eigenvalue weighted by molar-refractivity contribution is 7.07. The molecular weight excluding hydrogens is 528 g/mol. The van der Waals surface area contributed by atoms with E-state index in [9.17, 15) is 9.59 Å². The molecule has 5 rings (SSSR count). The normalized spacial score (nSPS) is 14.8. The number of esters is 1. The summed E-state index contributed by atoms with van der Waals surface area (Å²) in [4.78, 5) is 33.0. The first-order valence-electron chi connectivity index (χ1n) is 12.6. The second kappa shape index (κ2) is 11.6. The van der Waals surface area contributed by atoms with Gasteiger partial charge in [-0.05, 0) is 36.8 Å². The van der Waals surface area contributed by atoms with Crippen molar-refractivity contribution in [3.8, 4) is 17.2 Å². The Bertz CT molecular complexity index is 1770. The van der Waals surface area contributed by atoms with E-state index in [0.717, 1.165) is 5.56 Å². The number of para-hydroxylation sites is 1. The number of methoxy groups -OCH3 is 3. The van der Waals surface area contributed by atoms with Crippen molar-refractivity contribution in [2.45, 2.75) is 13.0 Å². The number of carbonyl (C=O) groups is 1. The summed E-state index contributed by atoms with van der Waals surface area (Å²) >= 11 is 1.24. The highest BCUT2D eigenvalue weighted by Crippen LogP contribution is 2.36. The van der Waals surface area contributed by atoms with E-state index in [1.54, 1.807) is 45.0 Å². The van der Waals surface area contributed by atoms with Crippen LogP contribution in [0.2, 0.25) is 0 Å². The van der Waals surface area contributed by atoms with Crippen LogP contribution in [0, 0.1) is 0 Å². The molecule has 0 aliphatic carbocycles. The summed E-state index contributed by atoms with van der Waals surface area (Å²) in [6, 6.07) is 21.4. The van der Waals surface area contributed by atoms with Gasteiger partial charge in [0.05, 0.1) is 49.8 Å². The van der Waals surface area contributed by atoms with Gasteiger partial charge in [-0.15, -0.1) is 0 Å². The van der Waals surface area contributed by atoms with Gasteiger partial charge < -0.3 is 18.9 Å². The third-order valence-corrected chi connectivity index (χ3v) is 7.49. The van der Waals surface area contributed by atoms with E-state index >= 15 is 0 Å². The summed E-state index contributed by atoms with van der Waals surface area (Å²) in [5, 5.41) is 0. The lowest BCUT2D eigenvalue weighted by Crippen LogP contribution is -2.40. The second-order valence-corrected chi connectivity index (χ2v) is 9.80. The van der Waals surface area contributed by atoms with Crippen LogP contribution in [-0.2, 0) is 9.53 Å². The lowest BCUT2D eigenvalue weighted by molar-refractivity contribution is -0.138. The minimum absolute atomic E-state index is 0.176. The molecule has 1 aliphatic heterocycles. The molecule has 0 radical (unpaired) electrons. The summed E-state index contributed by atoms with van der Waals surface area (Å²) in [5.74, 6) is 1.12. The van der Waals surface area contributed by atoms with Crippen molar-refractivity contribution in [2.24, 2.45) is 4.99 Å². The Balaban J connectivity index is 1.84. The van der Waals surface area contributed by atoms with Gasteiger partial charge in [0, 0.05) is 11.1 Å². The Morgan fingerprint density at radius 2 is 1.75 bits per heavy atom. The number of carbonyl (C=O) groups excluding carboxylic acids is 1. The van der Waals surface area contributed by atoms with E-state index in [2.05, 4.69) is 0 Å². The van der Waals surface area contributed by atoms with Crippen LogP contribution < -0.4 is 29.1 Å². The number of hydrogen-bond acceptors (Lipinski definition) is 8. The van der Waals surface area contributed by atoms with Gasteiger partial charge in [-0.3, -0.25) is 9.36 Å². The zero-order valence-electron chi connectivity index (χ0n) is 22.5. The molecule has 0 bridgehead atoms. The molecule has 2 heterocycles. The molecule has 0 amide bonds. The Morgan fingerprint density at radius 3 is 2.45 bits per heavy atom. The van der Waals surface area contributed by atoms with Crippen LogP contribution in [0.15, 0.2) is 88.2 Å². The largest absolute Gasteiger partial charge is 0.497 e. The average molecular weight is 557 g/mol. The lowest BCUT2D eigenvalue weighted by Gasteiger charge is -2.26. The average Bonchev–Trinajstić information content (AvgIpc) is 3.30. The minimum Gasteiger partial charge on any atom is -0.497 e. The first-order valence-corrected chi connectivity index (χ1v) is 13.5. The first-order chi connectivity index (χ1) is 19.5. The number of aromatic nitrogens is 1. The second-order valence-electron chi connectivity index (χ2n) is 8.79. The number of thiazole rings is 1. The van der Waals surface area contributed by atoms with Gasteiger partial charge in [0.15, 0.2) is 16.3 Å². The summed E-state index contributed by atoms with van der Waals surface area (Å²) in [5.41, 5.74) is 2.55. The van der Waals surface area contributed by atoms with Crippen molar-refractivity contribution in [3.05, 3.63) is 115 Å². The molecule has 0 fully saturated rings. The van der Waals surface area contributed by atoms with Gasteiger partial charge in [-0.25, -0.2) is 9.79 Å².